The van der Waals surface area contributed by atoms with Gasteiger partial charge in [0.15, 0.2) is 5.65 Å². The minimum absolute atomic E-state index is 0.213. The molecule has 24 heavy (non-hydrogen) atoms. The van der Waals surface area contributed by atoms with Crippen LogP contribution in [0.5, 0.6) is 0 Å². The van der Waals surface area contributed by atoms with E-state index in [9.17, 15) is 8.42 Å². The first-order chi connectivity index (χ1) is 11.7. The van der Waals surface area contributed by atoms with Gasteiger partial charge in [-0.25, -0.2) is 17.4 Å². The summed E-state index contributed by atoms with van der Waals surface area (Å²) < 4.78 is 27.7. The van der Waals surface area contributed by atoms with Crippen LogP contribution in [0.2, 0.25) is 0 Å². The predicted molar refractivity (Wildman–Crippen MR) is 92.0 cm³/mol. The molecule has 0 fully saturated rings. The van der Waals surface area contributed by atoms with E-state index < -0.39 is 10.0 Å². The van der Waals surface area contributed by atoms with Crippen molar-refractivity contribution in [3.8, 4) is 11.4 Å². The number of hydrogen-bond acceptors (Lipinski definition) is 4. The van der Waals surface area contributed by atoms with Crippen LogP contribution >= 0.6 is 0 Å². The molecule has 4 rings (SSSR count). The largest absolute Gasteiger partial charge is 0.269 e. The summed E-state index contributed by atoms with van der Waals surface area (Å²) in [7, 11) is -3.79. The van der Waals surface area contributed by atoms with Crippen molar-refractivity contribution in [1.82, 2.24) is 13.9 Å². The summed E-state index contributed by atoms with van der Waals surface area (Å²) in [4.78, 5) is 8.79. The summed E-state index contributed by atoms with van der Waals surface area (Å²) >= 11 is 0. The minimum Gasteiger partial charge on any atom is -0.255 e. The molecule has 0 amide bonds. The summed E-state index contributed by atoms with van der Waals surface area (Å²) in [5, 5.41) is 0.748. The first-order valence-electron chi connectivity index (χ1n) is 7.36. The van der Waals surface area contributed by atoms with E-state index in [0.29, 0.717) is 17.0 Å². The number of nitrogens with zero attached hydrogens (tertiary/aromatic N) is 3. The number of aromatic nitrogens is 3. The van der Waals surface area contributed by atoms with Gasteiger partial charge in [0.25, 0.3) is 10.0 Å². The Morgan fingerprint density at radius 1 is 0.792 bits per heavy atom. The summed E-state index contributed by atoms with van der Waals surface area (Å²) in [6.45, 7) is 0. The number of rotatable bonds is 3. The van der Waals surface area contributed by atoms with E-state index in [1.807, 2.05) is 12.1 Å². The Morgan fingerprint density at radius 2 is 1.54 bits per heavy atom. The molecule has 5 nitrogen and oxygen atoms in total. The van der Waals surface area contributed by atoms with Gasteiger partial charge in [0.1, 0.15) is 0 Å². The first-order valence-corrected chi connectivity index (χ1v) is 8.80. The van der Waals surface area contributed by atoms with E-state index in [-0.39, 0.29) is 4.90 Å². The Labute approximate surface area is 139 Å². The molecule has 0 aliphatic heterocycles. The SMILES string of the molecule is O=S(=O)(c1ccccc1)n1c(-c2ccccn2)cc2cccnc21. The average Bonchev–Trinajstić information content (AvgIpc) is 3.03. The van der Waals surface area contributed by atoms with Crippen molar-refractivity contribution in [2.75, 3.05) is 0 Å². The molecule has 6 heteroatoms. The van der Waals surface area contributed by atoms with Crippen molar-refractivity contribution in [3.63, 3.8) is 0 Å². The molecule has 0 unspecified atom stereocenters. The first kappa shape index (κ1) is 14.6. The molecule has 0 saturated carbocycles. The van der Waals surface area contributed by atoms with E-state index in [2.05, 4.69) is 9.97 Å². The van der Waals surface area contributed by atoms with Gasteiger partial charge < -0.3 is 0 Å². The molecule has 0 atom stereocenters. The fraction of sp³-hybridized carbons (Fsp3) is 0. The second-order valence-electron chi connectivity index (χ2n) is 5.24. The van der Waals surface area contributed by atoms with Crippen LogP contribution < -0.4 is 0 Å². The lowest BCUT2D eigenvalue weighted by atomic mass is 10.2. The molecular weight excluding hydrogens is 322 g/mol. The van der Waals surface area contributed by atoms with Crippen molar-refractivity contribution in [3.05, 3.63) is 79.1 Å². The third-order valence-corrected chi connectivity index (χ3v) is 5.45. The maximum absolute atomic E-state index is 13.2. The molecule has 3 aromatic heterocycles. The van der Waals surface area contributed by atoms with Crippen molar-refractivity contribution >= 4 is 21.1 Å². The molecule has 0 spiro atoms. The summed E-state index contributed by atoms with van der Waals surface area (Å²) in [5.74, 6) is 0. The lowest BCUT2D eigenvalue weighted by Gasteiger charge is -2.11. The number of fused-ring (bicyclic) bond motifs is 1. The molecule has 0 bridgehead atoms. The Morgan fingerprint density at radius 3 is 2.29 bits per heavy atom. The standard InChI is InChI=1S/C18H13N3O2S/c22-24(23,15-8-2-1-3-9-15)21-17(16-10-4-5-11-19-16)13-14-7-6-12-20-18(14)21/h1-13H. The van der Waals surface area contributed by atoms with Crippen LogP contribution in [0.3, 0.4) is 0 Å². The molecule has 0 aliphatic rings. The maximum atomic E-state index is 13.2. The monoisotopic (exact) mass is 335 g/mol. The van der Waals surface area contributed by atoms with Crippen molar-refractivity contribution < 1.29 is 8.42 Å². The smallest absolute Gasteiger partial charge is 0.255 e. The topological polar surface area (TPSA) is 64.8 Å². The van der Waals surface area contributed by atoms with Crippen LogP contribution in [0, 0.1) is 0 Å². The second-order valence-corrected chi connectivity index (χ2v) is 7.03. The zero-order valence-corrected chi connectivity index (χ0v) is 13.4. The number of benzene rings is 1. The van der Waals surface area contributed by atoms with Gasteiger partial charge in [0.2, 0.25) is 0 Å². The zero-order chi connectivity index (χ0) is 16.6. The lowest BCUT2D eigenvalue weighted by Crippen LogP contribution is -2.14. The van der Waals surface area contributed by atoms with E-state index in [4.69, 9.17) is 0 Å². The van der Waals surface area contributed by atoms with Gasteiger partial charge >= 0.3 is 0 Å². The van der Waals surface area contributed by atoms with Gasteiger partial charge in [0, 0.05) is 17.8 Å². The Kier molecular flexibility index (Phi) is 3.39. The average molecular weight is 335 g/mol. The number of hydrogen-bond donors (Lipinski definition) is 0. The third kappa shape index (κ3) is 2.28. The fourth-order valence-corrected chi connectivity index (χ4v) is 4.14. The predicted octanol–water partition coefficient (Wildman–Crippen LogP) is 3.34. The molecule has 4 aromatic rings. The molecule has 0 saturated heterocycles. The van der Waals surface area contributed by atoms with Gasteiger partial charge in [-0.1, -0.05) is 24.3 Å². The van der Waals surface area contributed by atoms with Crippen molar-refractivity contribution in [2.24, 2.45) is 0 Å². The number of pyridine rings is 2. The van der Waals surface area contributed by atoms with Gasteiger partial charge in [-0.2, -0.15) is 0 Å². The molecular formula is C18H13N3O2S. The van der Waals surface area contributed by atoms with E-state index in [1.165, 1.54) is 3.97 Å². The van der Waals surface area contributed by atoms with Crippen LogP contribution in [-0.2, 0) is 10.0 Å². The van der Waals surface area contributed by atoms with Crippen LogP contribution in [0.25, 0.3) is 22.4 Å². The molecule has 0 N–H and O–H groups in total. The lowest BCUT2D eigenvalue weighted by molar-refractivity contribution is 0.589. The van der Waals surface area contributed by atoms with Gasteiger partial charge in [-0.05, 0) is 42.5 Å². The maximum Gasteiger partial charge on any atom is 0.269 e. The highest BCUT2D eigenvalue weighted by atomic mass is 32.2. The summed E-state index contributed by atoms with van der Waals surface area (Å²) in [6, 6.07) is 19.2. The van der Waals surface area contributed by atoms with Gasteiger partial charge in [-0.15, -0.1) is 0 Å². The summed E-state index contributed by atoms with van der Waals surface area (Å²) in [6.07, 6.45) is 3.22. The Hall–Kier alpha value is -2.99. The fourth-order valence-electron chi connectivity index (χ4n) is 2.65. The molecule has 1 aromatic carbocycles. The zero-order valence-electron chi connectivity index (χ0n) is 12.6. The van der Waals surface area contributed by atoms with E-state index in [0.717, 1.165) is 5.39 Å². The highest BCUT2D eigenvalue weighted by Gasteiger charge is 2.24. The normalized spacial score (nSPS) is 11.7. The van der Waals surface area contributed by atoms with E-state index in [1.54, 1.807) is 67.0 Å². The summed E-state index contributed by atoms with van der Waals surface area (Å²) in [5.41, 5.74) is 1.46. The van der Waals surface area contributed by atoms with Crippen LogP contribution in [0.15, 0.2) is 84.0 Å². The van der Waals surface area contributed by atoms with Crippen molar-refractivity contribution in [1.29, 1.82) is 0 Å². The Bertz CT molecular complexity index is 1100. The third-order valence-electron chi connectivity index (χ3n) is 3.73. The second kappa shape index (κ2) is 5.58. The van der Waals surface area contributed by atoms with Crippen LogP contribution in [-0.4, -0.2) is 22.4 Å². The molecule has 0 radical (unpaired) electrons. The quantitative estimate of drug-likeness (QED) is 0.576. The Balaban J connectivity index is 2.08. The molecule has 3 heterocycles. The minimum atomic E-state index is -3.79. The van der Waals surface area contributed by atoms with Crippen molar-refractivity contribution in [2.45, 2.75) is 4.90 Å². The van der Waals surface area contributed by atoms with E-state index >= 15 is 0 Å². The van der Waals surface area contributed by atoms with Gasteiger partial charge in [0.05, 0.1) is 16.3 Å². The highest BCUT2D eigenvalue weighted by Crippen LogP contribution is 2.29. The van der Waals surface area contributed by atoms with Crippen LogP contribution in [0.4, 0.5) is 0 Å². The molecule has 118 valence electrons. The van der Waals surface area contributed by atoms with Crippen LogP contribution in [0.1, 0.15) is 0 Å². The highest BCUT2D eigenvalue weighted by molar-refractivity contribution is 7.90. The van der Waals surface area contributed by atoms with Gasteiger partial charge in [-0.3, -0.25) is 4.98 Å². The molecule has 0 aliphatic carbocycles.